The number of aromatic nitrogens is 4. The lowest BCUT2D eigenvalue weighted by molar-refractivity contribution is -0.152. The van der Waals surface area contributed by atoms with Crippen LogP contribution in [0.4, 0.5) is 11.8 Å². The molecule has 5 atom stereocenters. The molecule has 0 bridgehead atoms. The van der Waals surface area contributed by atoms with Crippen molar-refractivity contribution in [3.8, 4) is 0 Å². The summed E-state index contributed by atoms with van der Waals surface area (Å²) in [5.41, 5.74) is 7.81. The van der Waals surface area contributed by atoms with Gasteiger partial charge in [0.15, 0.2) is 23.9 Å². The Bertz CT molecular complexity index is 1100. The van der Waals surface area contributed by atoms with E-state index in [0.717, 1.165) is 16.9 Å². The Balaban J connectivity index is 1.55. The Labute approximate surface area is 189 Å². The summed E-state index contributed by atoms with van der Waals surface area (Å²) in [4.78, 5) is 25.1. The summed E-state index contributed by atoms with van der Waals surface area (Å²) in [5, 5.41) is 34.6. The first-order chi connectivity index (χ1) is 15.9. The van der Waals surface area contributed by atoms with Crippen LogP contribution in [0.5, 0.6) is 0 Å². The van der Waals surface area contributed by atoms with Gasteiger partial charge in [-0.25, -0.2) is 4.98 Å². The summed E-state index contributed by atoms with van der Waals surface area (Å²) < 4.78 is 7.18. The van der Waals surface area contributed by atoms with Gasteiger partial charge in [0.2, 0.25) is 12.4 Å². The molecule has 1 aromatic carbocycles. The number of ether oxygens (including phenoxy) is 1. The molecule has 3 heterocycles. The standard InChI is InChI=1S/C21H27N7O5/c1-2-27(11-29)19(32)16-14(30)15(31)20(33-16)28-10-24-13-17(22)25-21(26-18(13)28)23-9-8-12-6-4-3-5-7-12/h3-7,10-11,14-16,19-20,30-32H,2,8-9H2,1H3,(H3,22,23,25,26)/t14-,15+,16-,19?,20+/m0/s1. The summed E-state index contributed by atoms with van der Waals surface area (Å²) in [7, 11) is 0. The molecule has 3 aromatic rings. The lowest BCUT2D eigenvalue weighted by Gasteiger charge is -2.28. The third-order valence-corrected chi connectivity index (χ3v) is 5.67. The SMILES string of the molecule is CCN(C=O)C(O)[C@H]1O[C@@H](n2cnc3c(N)nc(NCCc4ccccc4)nc32)[C@H](O)[C@@H]1O. The minimum absolute atomic E-state index is 0.142. The molecule has 1 amide bonds. The quantitative estimate of drug-likeness (QED) is 0.208. The van der Waals surface area contributed by atoms with Crippen molar-refractivity contribution in [1.29, 1.82) is 0 Å². The number of nitrogen functional groups attached to an aromatic ring is 1. The first-order valence-electron chi connectivity index (χ1n) is 10.6. The molecule has 0 saturated carbocycles. The van der Waals surface area contributed by atoms with Gasteiger partial charge in [-0.2, -0.15) is 9.97 Å². The molecule has 6 N–H and O–H groups in total. The van der Waals surface area contributed by atoms with Gasteiger partial charge in [0.25, 0.3) is 0 Å². The number of anilines is 2. The Morgan fingerprint density at radius 1 is 1.27 bits per heavy atom. The van der Waals surface area contributed by atoms with E-state index < -0.39 is 30.8 Å². The number of hydrogen-bond donors (Lipinski definition) is 5. The zero-order valence-electron chi connectivity index (χ0n) is 18.0. The molecule has 1 fully saturated rings. The van der Waals surface area contributed by atoms with E-state index >= 15 is 0 Å². The van der Waals surface area contributed by atoms with Crippen LogP contribution in [0.3, 0.4) is 0 Å². The van der Waals surface area contributed by atoms with E-state index in [0.29, 0.717) is 24.1 Å². The molecule has 4 rings (SSSR count). The summed E-state index contributed by atoms with van der Waals surface area (Å²) in [6, 6.07) is 9.93. The minimum atomic E-state index is -1.45. The number of carbonyl (C=O) groups is 1. The first kappa shape index (κ1) is 22.9. The molecule has 12 heteroatoms. The molecule has 1 saturated heterocycles. The molecule has 176 valence electrons. The number of imidazole rings is 1. The number of hydrogen-bond acceptors (Lipinski definition) is 10. The van der Waals surface area contributed by atoms with Gasteiger partial charge in [0.05, 0.1) is 6.33 Å². The van der Waals surface area contributed by atoms with Crippen molar-refractivity contribution in [3.63, 3.8) is 0 Å². The van der Waals surface area contributed by atoms with Crippen molar-refractivity contribution >= 4 is 29.3 Å². The second-order valence-corrected chi connectivity index (χ2v) is 7.74. The molecule has 0 spiro atoms. The normalized spacial score (nSPS) is 23.5. The van der Waals surface area contributed by atoms with Crippen LogP contribution in [0, 0.1) is 0 Å². The molecule has 1 unspecified atom stereocenters. The van der Waals surface area contributed by atoms with E-state index in [1.165, 1.54) is 10.9 Å². The van der Waals surface area contributed by atoms with E-state index in [1.807, 2.05) is 30.3 Å². The van der Waals surface area contributed by atoms with Crippen LogP contribution < -0.4 is 11.1 Å². The zero-order valence-corrected chi connectivity index (χ0v) is 18.0. The molecule has 33 heavy (non-hydrogen) atoms. The third kappa shape index (κ3) is 4.46. The highest BCUT2D eigenvalue weighted by Gasteiger charge is 2.48. The average molecular weight is 457 g/mol. The van der Waals surface area contributed by atoms with Crippen molar-refractivity contribution < 1.29 is 24.9 Å². The number of fused-ring (bicyclic) bond motifs is 1. The number of amides is 1. The van der Waals surface area contributed by atoms with E-state index in [2.05, 4.69) is 20.3 Å². The van der Waals surface area contributed by atoms with Crippen LogP contribution in [0.25, 0.3) is 11.2 Å². The van der Waals surface area contributed by atoms with Crippen LogP contribution in [0.1, 0.15) is 18.7 Å². The van der Waals surface area contributed by atoms with Gasteiger partial charge < -0.3 is 36.0 Å². The van der Waals surface area contributed by atoms with Crippen molar-refractivity contribution in [1.82, 2.24) is 24.4 Å². The molecule has 2 aromatic heterocycles. The maximum Gasteiger partial charge on any atom is 0.226 e. The van der Waals surface area contributed by atoms with Crippen LogP contribution in [-0.2, 0) is 16.0 Å². The van der Waals surface area contributed by atoms with E-state index in [9.17, 15) is 20.1 Å². The zero-order chi connectivity index (χ0) is 23.5. The van der Waals surface area contributed by atoms with Crippen molar-refractivity contribution in [2.45, 2.75) is 44.1 Å². The molecule has 1 aliphatic heterocycles. The van der Waals surface area contributed by atoms with Gasteiger partial charge in [-0.05, 0) is 18.9 Å². The lowest BCUT2D eigenvalue weighted by Crippen LogP contribution is -2.48. The molecule has 12 nitrogen and oxygen atoms in total. The first-order valence-corrected chi connectivity index (χ1v) is 10.6. The Hall–Kier alpha value is -3.32. The highest BCUT2D eigenvalue weighted by atomic mass is 16.6. The number of aliphatic hydroxyl groups is 3. The van der Waals surface area contributed by atoms with Crippen molar-refractivity contribution in [3.05, 3.63) is 42.2 Å². The number of likely N-dealkylation sites (N-methyl/N-ethyl adjacent to an activating group) is 1. The lowest BCUT2D eigenvalue weighted by atomic mass is 10.1. The minimum Gasteiger partial charge on any atom is -0.387 e. The highest BCUT2D eigenvalue weighted by Crippen LogP contribution is 2.34. The molecular weight excluding hydrogens is 430 g/mol. The van der Waals surface area contributed by atoms with Crippen LogP contribution >= 0.6 is 0 Å². The predicted octanol–water partition coefficient (Wildman–Crippen LogP) is -0.521. The van der Waals surface area contributed by atoms with Gasteiger partial charge in [-0.1, -0.05) is 30.3 Å². The van der Waals surface area contributed by atoms with Crippen molar-refractivity contribution in [2.75, 3.05) is 24.1 Å². The third-order valence-electron chi connectivity index (χ3n) is 5.67. The number of rotatable bonds is 9. The number of aliphatic hydroxyl groups excluding tert-OH is 3. The average Bonchev–Trinajstić information content (AvgIpc) is 3.36. The van der Waals surface area contributed by atoms with Gasteiger partial charge in [0, 0.05) is 13.1 Å². The largest absolute Gasteiger partial charge is 0.387 e. The monoisotopic (exact) mass is 457 g/mol. The van der Waals surface area contributed by atoms with Crippen molar-refractivity contribution in [2.24, 2.45) is 0 Å². The number of nitrogens with zero attached hydrogens (tertiary/aromatic N) is 5. The fourth-order valence-corrected chi connectivity index (χ4v) is 3.84. The number of nitrogens with two attached hydrogens (primary N) is 1. The second-order valence-electron chi connectivity index (χ2n) is 7.74. The van der Waals surface area contributed by atoms with E-state index in [1.54, 1.807) is 6.92 Å². The Kier molecular flexibility index (Phi) is 6.70. The van der Waals surface area contributed by atoms with Gasteiger partial charge in [-0.15, -0.1) is 0 Å². The smallest absolute Gasteiger partial charge is 0.226 e. The van der Waals surface area contributed by atoms with E-state index in [-0.39, 0.29) is 18.3 Å². The fourth-order valence-electron chi connectivity index (χ4n) is 3.84. The van der Waals surface area contributed by atoms with Crippen LogP contribution in [0.15, 0.2) is 36.7 Å². The highest BCUT2D eigenvalue weighted by molar-refractivity contribution is 5.83. The predicted molar refractivity (Wildman–Crippen MR) is 119 cm³/mol. The number of benzene rings is 1. The summed E-state index contributed by atoms with van der Waals surface area (Å²) in [5.74, 6) is 0.420. The Morgan fingerprint density at radius 2 is 2.03 bits per heavy atom. The number of carbonyl (C=O) groups excluding carboxylic acids is 1. The van der Waals surface area contributed by atoms with Crippen LogP contribution in [0.2, 0.25) is 0 Å². The summed E-state index contributed by atoms with van der Waals surface area (Å²) >= 11 is 0. The summed E-state index contributed by atoms with van der Waals surface area (Å²) in [6.45, 7) is 2.44. The maximum absolute atomic E-state index is 11.2. The Morgan fingerprint density at radius 3 is 2.73 bits per heavy atom. The molecular formula is C21H27N7O5. The van der Waals surface area contributed by atoms with Gasteiger partial charge >= 0.3 is 0 Å². The topological polar surface area (TPSA) is 172 Å². The van der Waals surface area contributed by atoms with E-state index in [4.69, 9.17) is 10.5 Å². The molecule has 0 radical (unpaired) electrons. The fraction of sp³-hybridized carbons (Fsp3) is 0.429. The van der Waals surface area contributed by atoms with Crippen LogP contribution in [-0.4, -0.2) is 83.8 Å². The summed E-state index contributed by atoms with van der Waals surface area (Å²) in [6.07, 6.45) is -4.05. The molecule has 1 aliphatic rings. The molecule has 0 aliphatic carbocycles. The van der Waals surface area contributed by atoms with Gasteiger partial charge in [0.1, 0.15) is 23.8 Å². The number of nitrogens with one attached hydrogen (secondary N) is 1. The van der Waals surface area contributed by atoms with Gasteiger partial charge in [-0.3, -0.25) is 9.36 Å². The maximum atomic E-state index is 11.2. The second kappa shape index (κ2) is 9.67.